The standard InChI is InChI=1S/C19H20FN3O/c1-13(2)23-18-6-4-3-5-16(18)17(22-23)12-21-19(24)11-14-7-9-15(20)10-8-14/h3-10,13H,11-12H2,1-2H3,(H,21,24). The van der Waals surface area contributed by atoms with Gasteiger partial charge in [0.15, 0.2) is 0 Å². The second kappa shape index (κ2) is 6.83. The Morgan fingerprint density at radius 1 is 1.17 bits per heavy atom. The third-order valence-corrected chi connectivity index (χ3v) is 3.91. The van der Waals surface area contributed by atoms with Crippen LogP contribution in [0.15, 0.2) is 48.5 Å². The second-order valence-corrected chi connectivity index (χ2v) is 6.08. The van der Waals surface area contributed by atoms with Gasteiger partial charge in [-0.2, -0.15) is 5.10 Å². The number of nitrogens with zero attached hydrogens (tertiary/aromatic N) is 2. The lowest BCUT2D eigenvalue weighted by molar-refractivity contribution is -0.120. The molecule has 2 aromatic carbocycles. The Bertz CT molecular complexity index is 853. The van der Waals surface area contributed by atoms with Gasteiger partial charge in [0, 0.05) is 11.4 Å². The van der Waals surface area contributed by atoms with E-state index in [1.54, 1.807) is 12.1 Å². The van der Waals surface area contributed by atoms with Crippen LogP contribution in [0.4, 0.5) is 4.39 Å². The van der Waals surface area contributed by atoms with Crippen LogP contribution in [0.5, 0.6) is 0 Å². The first-order valence-corrected chi connectivity index (χ1v) is 8.02. The van der Waals surface area contributed by atoms with Crippen LogP contribution in [0, 0.1) is 5.82 Å². The molecule has 0 unspecified atom stereocenters. The normalized spacial score (nSPS) is 11.2. The maximum atomic E-state index is 12.9. The highest BCUT2D eigenvalue weighted by Gasteiger charge is 2.13. The molecule has 1 heterocycles. The number of carbonyl (C=O) groups is 1. The van der Waals surface area contributed by atoms with Crippen LogP contribution in [0.2, 0.25) is 0 Å². The summed E-state index contributed by atoms with van der Waals surface area (Å²) in [5.41, 5.74) is 2.70. The third-order valence-electron chi connectivity index (χ3n) is 3.91. The minimum Gasteiger partial charge on any atom is -0.350 e. The molecule has 1 amide bonds. The number of rotatable bonds is 5. The minimum atomic E-state index is -0.301. The number of amides is 1. The topological polar surface area (TPSA) is 46.9 Å². The fourth-order valence-corrected chi connectivity index (χ4v) is 2.71. The number of para-hydroxylation sites is 1. The summed E-state index contributed by atoms with van der Waals surface area (Å²) in [5, 5.41) is 8.58. The molecule has 1 N–H and O–H groups in total. The zero-order valence-electron chi connectivity index (χ0n) is 13.8. The summed E-state index contributed by atoms with van der Waals surface area (Å²) in [6, 6.07) is 14.2. The molecule has 0 saturated heterocycles. The molecular weight excluding hydrogens is 305 g/mol. The van der Waals surface area contributed by atoms with E-state index in [0.717, 1.165) is 22.2 Å². The van der Waals surface area contributed by atoms with E-state index < -0.39 is 0 Å². The van der Waals surface area contributed by atoms with Gasteiger partial charge in [-0.15, -0.1) is 0 Å². The van der Waals surface area contributed by atoms with Gasteiger partial charge in [0.2, 0.25) is 5.91 Å². The fourth-order valence-electron chi connectivity index (χ4n) is 2.71. The van der Waals surface area contributed by atoms with Gasteiger partial charge in [-0.05, 0) is 37.6 Å². The Kier molecular flexibility index (Phi) is 4.60. The van der Waals surface area contributed by atoms with Crippen molar-refractivity contribution in [3.05, 3.63) is 65.6 Å². The summed E-state index contributed by atoms with van der Waals surface area (Å²) >= 11 is 0. The average molecular weight is 325 g/mol. The Morgan fingerprint density at radius 2 is 1.88 bits per heavy atom. The van der Waals surface area contributed by atoms with Crippen LogP contribution in [0.25, 0.3) is 10.9 Å². The lowest BCUT2D eigenvalue weighted by atomic mass is 10.1. The Labute approximate surface area is 140 Å². The summed E-state index contributed by atoms with van der Waals surface area (Å²) in [7, 11) is 0. The molecule has 5 heteroatoms. The molecule has 0 bridgehead atoms. The van der Waals surface area contributed by atoms with E-state index in [-0.39, 0.29) is 24.2 Å². The van der Waals surface area contributed by atoms with Crippen LogP contribution in [-0.2, 0) is 17.8 Å². The number of hydrogen-bond donors (Lipinski definition) is 1. The molecular formula is C19H20FN3O. The molecule has 3 rings (SSSR count). The molecule has 0 radical (unpaired) electrons. The van der Waals surface area contributed by atoms with Gasteiger partial charge in [0.25, 0.3) is 0 Å². The van der Waals surface area contributed by atoms with E-state index in [2.05, 4.69) is 24.3 Å². The number of benzene rings is 2. The largest absolute Gasteiger partial charge is 0.350 e. The first-order chi connectivity index (χ1) is 11.5. The van der Waals surface area contributed by atoms with Crippen LogP contribution in [-0.4, -0.2) is 15.7 Å². The lowest BCUT2D eigenvalue weighted by Crippen LogP contribution is -2.25. The smallest absolute Gasteiger partial charge is 0.224 e. The maximum Gasteiger partial charge on any atom is 0.224 e. The molecule has 4 nitrogen and oxygen atoms in total. The van der Waals surface area contributed by atoms with Crippen molar-refractivity contribution in [3.8, 4) is 0 Å². The van der Waals surface area contributed by atoms with Crippen molar-refractivity contribution in [2.24, 2.45) is 0 Å². The van der Waals surface area contributed by atoms with E-state index in [4.69, 9.17) is 0 Å². The number of nitrogens with one attached hydrogen (secondary N) is 1. The Morgan fingerprint density at radius 3 is 2.58 bits per heavy atom. The summed E-state index contributed by atoms with van der Waals surface area (Å²) in [5.74, 6) is -0.408. The molecule has 3 aromatic rings. The van der Waals surface area contributed by atoms with E-state index >= 15 is 0 Å². The summed E-state index contributed by atoms with van der Waals surface area (Å²) in [6.45, 7) is 4.53. The first-order valence-electron chi connectivity index (χ1n) is 8.02. The van der Waals surface area contributed by atoms with Gasteiger partial charge >= 0.3 is 0 Å². The van der Waals surface area contributed by atoms with E-state index in [0.29, 0.717) is 6.54 Å². The molecule has 0 fully saturated rings. The van der Waals surface area contributed by atoms with Crippen molar-refractivity contribution in [2.45, 2.75) is 32.9 Å². The van der Waals surface area contributed by atoms with Gasteiger partial charge in [0.05, 0.1) is 24.2 Å². The van der Waals surface area contributed by atoms with E-state index in [1.807, 2.05) is 28.9 Å². The van der Waals surface area contributed by atoms with E-state index in [9.17, 15) is 9.18 Å². The van der Waals surface area contributed by atoms with Gasteiger partial charge in [-0.3, -0.25) is 9.48 Å². The zero-order chi connectivity index (χ0) is 17.1. The van der Waals surface area contributed by atoms with Crippen molar-refractivity contribution < 1.29 is 9.18 Å². The molecule has 124 valence electrons. The first kappa shape index (κ1) is 16.2. The van der Waals surface area contributed by atoms with Crippen LogP contribution in [0.3, 0.4) is 0 Å². The zero-order valence-corrected chi connectivity index (χ0v) is 13.8. The molecule has 1 aromatic heterocycles. The Hall–Kier alpha value is -2.69. The number of hydrogen-bond acceptors (Lipinski definition) is 2. The highest BCUT2D eigenvalue weighted by atomic mass is 19.1. The maximum absolute atomic E-state index is 12.9. The van der Waals surface area contributed by atoms with Crippen LogP contribution >= 0.6 is 0 Å². The fraction of sp³-hybridized carbons (Fsp3) is 0.263. The van der Waals surface area contributed by atoms with Gasteiger partial charge in [-0.1, -0.05) is 30.3 Å². The number of fused-ring (bicyclic) bond motifs is 1. The molecule has 0 aliphatic rings. The average Bonchev–Trinajstić information content (AvgIpc) is 2.94. The lowest BCUT2D eigenvalue weighted by Gasteiger charge is -2.06. The van der Waals surface area contributed by atoms with E-state index in [1.165, 1.54) is 12.1 Å². The summed E-state index contributed by atoms with van der Waals surface area (Å²) < 4.78 is 14.9. The molecule has 0 aliphatic carbocycles. The van der Waals surface area contributed by atoms with Crippen molar-refractivity contribution in [3.63, 3.8) is 0 Å². The van der Waals surface area contributed by atoms with Crippen molar-refractivity contribution in [1.82, 2.24) is 15.1 Å². The van der Waals surface area contributed by atoms with Gasteiger partial charge in [-0.25, -0.2) is 4.39 Å². The molecule has 0 aliphatic heterocycles. The summed E-state index contributed by atoms with van der Waals surface area (Å²) in [4.78, 5) is 12.1. The van der Waals surface area contributed by atoms with Gasteiger partial charge < -0.3 is 5.32 Å². The van der Waals surface area contributed by atoms with Crippen molar-refractivity contribution in [1.29, 1.82) is 0 Å². The predicted molar refractivity (Wildman–Crippen MR) is 92.1 cm³/mol. The second-order valence-electron chi connectivity index (χ2n) is 6.08. The SMILES string of the molecule is CC(C)n1nc(CNC(=O)Cc2ccc(F)cc2)c2ccccc21. The number of halogens is 1. The molecule has 0 saturated carbocycles. The number of aromatic nitrogens is 2. The molecule has 24 heavy (non-hydrogen) atoms. The minimum absolute atomic E-state index is 0.107. The Balaban J connectivity index is 1.71. The molecule has 0 atom stereocenters. The molecule has 0 spiro atoms. The van der Waals surface area contributed by atoms with Crippen molar-refractivity contribution >= 4 is 16.8 Å². The van der Waals surface area contributed by atoms with Crippen molar-refractivity contribution in [2.75, 3.05) is 0 Å². The quantitative estimate of drug-likeness (QED) is 0.779. The van der Waals surface area contributed by atoms with Crippen LogP contribution in [0.1, 0.15) is 31.1 Å². The third kappa shape index (κ3) is 3.45. The highest BCUT2D eigenvalue weighted by molar-refractivity contribution is 5.83. The number of carbonyl (C=O) groups excluding carboxylic acids is 1. The highest BCUT2D eigenvalue weighted by Crippen LogP contribution is 2.21. The predicted octanol–water partition coefficient (Wildman–Crippen LogP) is 3.62. The van der Waals surface area contributed by atoms with Gasteiger partial charge in [0.1, 0.15) is 5.82 Å². The monoisotopic (exact) mass is 325 g/mol. The van der Waals surface area contributed by atoms with Crippen LogP contribution < -0.4 is 5.32 Å². The summed E-state index contributed by atoms with van der Waals surface area (Å²) in [6.07, 6.45) is 0.225.